The van der Waals surface area contributed by atoms with Crippen LogP contribution in [0.3, 0.4) is 0 Å². The van der Waals surface area contributed by atoms with E-state index in [0.717, 1.165) is 3.79 Å². The lowest BCUT2D eigenvalue weighted by molar-refractivity contribution is -0.122. The largest absolute Gasteiger partial charge is 0.490 e. The van der Waals surface area contributed by atoms with Crippen LogP contribution in [0.2, 0.25) is 0 Å². The Kier molecular flexibility index (Phi) is 5.91. The number of amides is 2. The molecule has 0 aliphatic rings. The average Bonchev–Trinajstić information content (AvgIpc) is 2.93. The van der Waals surface area contributed by atoms with Crippen molar-refractivity contribution in [3.05, 3.63) is 50.9 Å². The van der Waals surface area contributed by atoms with Crippen molar-refractivity contribution >= 4 is 39.1 Å². The van der Waals surface area contributed by atoms with E-state index in [1.54, 1.807) is 24.3 Å². The molecule has 22 heavy (non-hydrogen) atoms. The Morgan fingerprint density at radius 3 is 2.64 bits per heavy atom. The first kappa shape index (κ1) is 16.4. The van der Waals surface area contributed by atoms with Crippen LogP contribution in [0.1, 0.15) is 16.1 Å². The van der Waals surface area contributed by atoms with Gasteiger partial charge in [-0.1, -0.05) is 12.1 Å². The monoisotopic (exact) mass is 386 g/mol. The Balaban J connectivity index is 1.70. The van der Waals surface area contributed by atoms with Gasteiger partial charge in [-0.05, 0) is 40.2 Å². The minimum absolute atomic E-state index is 0.00713. The molecule has 0 saturated heterocycles. The van der Waals surface area contributed by atoms with E-state index in [2.05, 4.69) is 26.8 Å². The molecule has 2 amide bonds. The summed E-state index contributed by atoms with van der Waals surface area (Å²) in [4.78, 5) is 23.7. The Morgan fingerprint density at radius 2 is 1.95 bits per heavy atom. The zero-order chi connectivity index (χ0) is 15.9. The lowest BCUT2D eigenvalue weighted by Crippen LogP contribution is -2.41. The van der Waals surface area contributed by atoms with Gasteiger partial charge in [-0.3, -0.25) is 20.4 Å². The van der Waals surface area contributed by atoms with E-state index < -0.39 is 17.6 Å². The highest BCUT2D eigenvalue weighted by Gasteiger charge is 2.10. The number of benzene rings is 1. The number of hydrogen-bond acceptors (Lipinski definition) is 4. The third-order valence-electron chi connectivity index (χ3n) is 2.54. The highest BCUT2D eigenvalue weighted by atomic mass is 79.9. The average molecular weight is 387 g/mol. The molecular formula is C14H12BrFN2O3S. The maximum absolute atomic E-state index is 13.3. The second kappa shape index (κ2) is 7.90. The maximum atomic E-state index is 13.3. The Hall–Kier alpha value is -1.93. The molecule has 0 radical (unpaired) electrons. The van der Waals surface area contributed by atoms with E-state index in [0.29, 0.717) is 4.88 Å². The number of carbonyl (C=O) groups excluding carboxylic acids is 2. The molecule has 2 N–H and O–H groups in total. The van der Waals surface area contributed by atoms with Crippen LogP contribution in [0.15, 0.2) is 40.2 Å². The van der Waals surface area contributed by atoms with E-state index in [-0.39, 0.29) is 18.8 Å². The Labute approximate surface area is 138 Å². The smallest absolute Gasteiger partial charge is 0.279 e. The van der Waals surface area contributed by atoms with Crippen LogP contribution in [0.4, 0.5) is 4.39 Å². The molecule has 0 atom stereocenters. The summed E-state index contributed by atoms with van der Waals surface area (Å²) in [7, 11) is 0. The summed E-state index contributed by atoms with van der Waals surface area (Å²) < 4.78 is 19.2. The molecule has 1 aromatic heterocycles. The molecule has 8 heteroatoms. The van der Waals surface area contributed by atoms with E-state index in [1.807, 2.05) is 0 Å². The van der Waals surface area contributed by atoms with Crippen molar-refractivity contribution in [2.45, 2.75) is 6.42 Å². The van der Waals surface area contributed by atoms with Crippen LogP contribution in [0, 0.1) is 5.82 Å². The zero-order valence-electron chi connectivity index (χ0n) is 11.3. The van der Waals surface area contributed by atoms with Gasteiger partial charge < -0.3 is 4.74 Å². The predicted octanol–water partition coefficient (Wildman–Crippen LogP) is 2.88. The van der Waals surface area contributed by atoms with E-state index in [9.17, 15) is 14.0 Å². The van der Waals surface area contributed by atoms with Crippen molar-refractivity contribution in [2.24, 2.45) is 0 Å². The third-order valence-corrected chi connectivity index (χ3v) is 4.16. The van der Waals surface area contributed by atoms with Crippen LogP contribution in [0.5, 0.6) is 5.75 Å². The summed E-state index contributed by atoms with van der Waals surface area (Å²) in [6.45, 7) is 0.00713. The van der Waals surface area contributed by atoms with Gasteiger partial charge in [0.15, 0.2) is 11.6 Å². The molecular weight excluding hydrogens is 375 g/mol. The lowest BCUT2D eigenvalue weighted by atomic mass is 10.3. The van der Waals surface area contributed by atoms with Crippen LogP contribution >= 0.6 is 27.3 Å². The third kappa shape index (κ3) is 4.81. The van der Waals surface area contributed by atoms with E-state index in [4.69, 9.17) is 4.74 Å². The minimum atomic E-state index is -0.487. The molecule has 0 aliphatic heterocycles. The van der Waals surface area contributed by atoms with Crippen LogP contribution in [-0.4, -0.2) is 18.4 Å². The predicted molar refractivity (Wildman–Crippen MR) is 84.1 cm³/mol. The van der Waals surface area contributed by atoms with Gasteiger partial charge in [-0.2, -0.15) is 0 Å². The van der Waals surface area contributed by atoms with Crippen molar-refractivity contribution in [2.75, 3.05) is 6.61 Å². The van der Waals surface area contributed by atoms with Gasteiger partial charge in [0, 0.05) is 0 Å². The first-order valence-corrected chi connectivity index (χ1v) is 7.89. The number of ether oxygens (including phenoxy) is 1. The molecule has 2 rings (SSSR count). The molecule has 5 nitrogen and oxygen atoms in total. The molecule has 1 aromatic carbocycles. The summed E-state index contributed by atoms with van der Waals surface area (Å²) in [5.41, 5.74) is 4.56. The number of carbonyl (C=O) groups is 2. The highest BCUT2D eigenvalue weighted by Crippen LogP contribution is 2.21. The van der Waals surface area contributed by atoms with Crippen LogP contribution in [0.25, 0.3) is 0 Å². The van der Waals surface area contributed by atoms with E-state index >= 15 is 0 Å². The number of hydrazine groups is 1. The van der Waals surface area contributed by atoms with Crippen molar-refractivity contribution < 1.29 is 18.7 Å². The van der Waals surface area contributed by atoms with Crippen molar-refractivity contribution in [1.82, 2.24) is 10.9 Å². The topological polar surface area (TPSA) is 67.4 Å². The minimum Gasteiger partial charge on any atom is -0.490 e. The molecule has 0 saturated carbocycles. The summed E-state index contributed by atoms with van der Waals surface area (Å²) in [6, 6.07) is 9.31. The molecule has 1 heterocycles. The normalized spacial score (nSPS) is 10.1. The van der Waals surface area contributed by atoms with Crippen molar-refractivity contribution in [1.29, 1.82) is 0 Å². The van der Waals surface area contributed by atoms with Gasteiger partial charge in [-0.25, -0.2) is 4.39 Å². The summed E-state index contributed by atoms with van der Waals surface area (Å²) in [5, 5.41) is 0. The Morgan fingerprint density at radius 1 is 1.18 bits per heavy atom. The number of hydrogen-bond donors (Lipinski definition) is 2. The van der Waals surface area contributed by atoms with Crippen molar-refractivity contribution in [3.8, 4) is 5.75 Å². The maximum Gasteiger partial charge on any atom is 0.279 e. The summed E-state index contributed by atoms with van der Waals surface area (Å²) in [6.07, 6.45) is -0.0112. The lowest BCUT2D eigenvalue weighted by Gasteiger charge is -2.08. The van der Waals surface area contributed by atoms with Crippen molar-refractivity contribution in [3.63, 3.8) is 0 Å². The standard InChI is InChI=1S/C14H12BrFN2O3S/c15-12-6-5-11(22-12)14(20)18-17-13(19)7-8-21-10-4-2-1-3-9(10)16/h1-6H,7-8H2,(H,17,19)(H,18,20). The fraction of sp³-hybridized carbons (Fsp3) is 0.143. The number of thiophene rings is 1. The first-order valence-electron chi connectivity index (χ1n) is 6.28. The van der Waals surface area contributed by atoms with Gasteiger partial charge >= 0.3 is 0 Å². The van der Waals surface area contributed by atoms with E-state index in [1.165, 1.54) is 23.5 Å². The SMILES string of the molecule is O=C(CCOc1ccccc1F)NNC(=O)c1ccc(Br)s1. The molecule has 2 aromatic rings. The van der Waals surface area contributed by atoms with Gasteiger partial charge in [0.1, 0.15) is 0 Å². The van der Waals surface area contributed by atoms with Gasteiger partial charge in [0.25, 0.3) is 5.91 Å². The number of para-hydroxylation sites is 1. The van der Waals surface area contributed by atoms with Gasteiger partial charge in [0.05, 0.1) is 21.7 Å². The molecule has 0 unspecified atom stereocenters. The molecule has 0 bridgehead atoms. The van der Waals surface area contributed by atoms with Gasteiger partial charge in [-0.15, -0.1) is 11.3 Å². The zero-order valence-corrected chi connectivity index (χ0v) is 13.7. The fourth-order valence-corrected chi connectivity index (χ4v) is 2.78. The Bertz CT molecular complexity index is 678. The van der Waals surface area contributed by atoms with Crippen LogP contribution in [-0.2, 0) is 4.79 Å². The second-order valence-electron chi connectivity index (χ2n) is 4.13. The second-order valence-corrected chi connectivity index (χ2v) is 6.60. The molecule has 0 aliphatic carbocycles. The molecule has 0 spiro atoms. The molecule has 0 fully saturated rings. The highest BCUT2D eigenvalue weighted by molar-refractivity contribution is 9.11. The molecule has 116 valence electrons. The van der Waals surface area contributed by atoms with Crippen LogP contribution < -0.4 is 15.6 Å². The van der Waals surface area contributed by atoms with Gasteiger partial charge in [0.2, 0.25) is 5.91 Å². The quantitative estimate of drug-likeness (QED) is 0.776. The number of halogens is 2. The number of rotatable bonds is 5. The fourth-order valence-electron chi connectivity index (χ4n) is 1.50. The number of nitrogens with one attached hydrogen (secondary N) is 2. The summed E-state index contributed by atoms with van der Waals surface area (Å²) in [5.74, 6) is -1.23. The first-order chi connectivity index (χ1) is 10.6. The summed E-state index contributed by atoms with van der Waals surface area (Å²) >= 11 is 4.50.